The van der Waals surface area contributed by atoms with Crippen molar-refractivity contribution in [2.24, 2.45) is 0 Å². The van der Waals surface area contributed by atoms with Crippen LogP contribution in [-0.4, -0.2) is 18.9 Å². The number of carbonyl (C=O) groups excluding carboxylic acids is 1. The van der Waals surface area contributed by atoms with Gasteiger partial charge in [-0.3, -0.25) is 4.79 Å². The van der Waals surface area contributed by atoms with Gasteiger partial charge in [0.05, 0.1) is 5.92 Å². The third-order valence-electron chi connectivity index (χ3n) is 3.17. The highest BCUT2D eigenvalue weighted by atomic mass is 16.1. The second kappa shape index (κ2) is 3.69. The number of hydrogen-bond donors (Lipinski definition) is 0. The molecule has 2 rings (SSSR count). The minimum atomic E-state index is 0.0832. The number of rotatable bonds is 2. The lowest BCUT2D eigenvalue weighted by molar-refractivity contribution is -0.118. The molecule has 1 atom stereocenters. The van der Waals surface area contributed by atoms with E-state index in [1.54, 1.807) is 6.92 Å². The Kier molecular flexibility index (Phi) is 2.51. The van der Waals surface area contributed by atoms with Crippen molar-refractivity contribution in [3.05, 3.63) is 29.3 Å². The van der Waals surface area contributed by atoms with Crippen LogP contribution in [0.25, 0.3) is 0 Å². The Balaban J connectivity index is 2.47. The summed E-state index contributed by atoms with van der Waals surface area (Å²) in [6.07, 6.45) is 0. The summed E-state index contributed by atoms with van der Waals surface area (Å²) >= 11 is 0. The van der Waals surface area contributed by atoms with E-state index in [0.717, 1.165) is 13.1 Å². The van der Waals surface area contributed by atoms with Gasteiger partial charge in [0.15, 0.2) is 0 Å². The van der Waals surface area contributed by atoms with E-state index in [1.807, 2.05) is 0 Å². The molecule has 0 bridgehead atoms. The van der Waals surface area contributed by atoms with Crippen LogP contribution < -0.4 is 4.90 Å². The number of anilines is 1. The van der Waals surface area contributed by atoms with Gasteiger partial charge < -0.3 is 4.90 Å². The number of ketones is 1. The number of carbonyl (C=O) groups is 1. The molecule has 80 valence electrons. The van der Waals surface area contributed by atoms with Crippen LogP contribution in [0.1, 0.15) is 30.9 Å². The predicted molar refractivity (Wildman–Crippen MR) is 62.5 cm³/mol. The molecule has 1 aromatic carbocycles. The number of aryl methyl sites for hydroxylation is 1. The van der Waals surface area contributed by atoms with Crippen LogP contribution >= 0.6 is 0 Å². The number of fused-ring (bicyclic) bond motifs is 1. The predicted octanol–water partition coefficient (Wildman–Crippen LogP) is 2.51. The van der Waals surface area contributed by atoms with E-state index in [1.165, 1.54) is 16.8 Å². The molecule has 0 amide bonds. The summed E-state index contributed by atoms with van der Waals surface area (Å²) < 4.78 is 0. The lowest BCUT2D eigenvalue weighted by Gasteiger charge is -2.16. The van der Waals surface area contributed by atoms with Crippen LogP contribution in [-0.2, 0) is 4.79 Å². The molecule has 15 heavy (non-hydrogen) atoms. The fourth-order valence-electron chi connectivity index (χ4n) is 2.31. The van der Waals surface area contributed by atoms with E-state index < -0.39 is 0 Å². The van der Waals surface area contributed by atoms with Crippen LogP contribution in [0.3, 0.4) is 0 Å². The molecule has 0 saturated carbocycles. The van der Waals surface area contributed by atoms with Crippen molar-refractivity contribution in [1.82, 2.24) is 0 Å². The Morgan fingerprint density at radius 3 is 2.87 bits per heavy atom. The number of Topliss-reactive ketones (excluding diaryl/α,β-unsaturated/α-hetero) is 1. The van der Waals surface area contributed by atoms with E-state index in [0.29, 0.717) is 0 Å². The SMILES string of the molecule is CCN1CC(C(C)=O)c2cc(C)ccc21. The molecular weight excluding hydrogens is 186 g/mol. The van der Waals surface area contributed by atoms with Gasteiger partial charge in [-0.2, -0.15) is 0 Å². The van der Waals surface area contributed by atoms with Gasteiger partial charge in [0.2, 0.25) is 0 Å². The molecule has 0 aliphatic carbocycles. The van der Waals surface area contributed by atoms with Crippen LogP contribution in [0.15, 0.2) is 18.2 Å². The molecule has 2 nitrogen and oxygen atoms in total. The quantitative estimate of drug-likeness (QED) is 0.736. The summed E-state index contributed by atoms with van der Waals surface area (Å²) in [7, 11) is 0. The van der Waals surface area contributed by atoms with Crippen molar-refractivity contribution in [2.75, 3.05) is 18.0 Å². The zero-order valence-electron chi connectivity index (χ0n) is 9.58. The number of hydrogen-bond acceptors (Lipinski definition) is 2. The van der Waals surface area contributed by atoms with Crippen molar-refractivity contribution in [1.29, 1.82) is 0 Å². The zero-order valence-corrected chi connectivity index (χ0v) is 9.58. The average Bonchev–Trinajstić information content (AvgIpc) is 2.55. The molecule has 1 aliphatic heterocycles. The first-order valence-electron chi connectivity index (χ1n) is 5.49. The normalized spacial score (nSPS) is 19.1. The van der Waals surface area contributed by atoms with Crippen LogP contribution in [0.5, 0.6) is 0 Å². The summed E-state index contributed by atoms with van der Waals surface area (Å²) in [6, 6.07) is 6.40. The van der Waals surface area contributed by atoms with Crippen LogP contribution in [0, 0.1) is 6.92 Å². The Hall–Kier alpha value is -1.31. The van der Waals surface area contributed by atoms with Gasteiger partial charge in [-0.05, 0) is 32.4 Å². The molecule has 1 aromatic rings. The Morgan fingerprint density at radius 1 is 1.53 bits per heavy atom. The first kappa shape index (κ1) is 10.2. The van der Waals surface area contributed by atoms with Crippen molar-refractivity contribution in [3.63, 3.8) is 0 Å². The van der Waals surface area contributed by atoms with E-state index in [4.69, 9.17) is 0 Å². The molecule has 0 saturated heterocycles. The van der Waals surface area contributed by atoms with Crippen molar-refractivity contribution in [3.8, 4) is 0 Å². The molecule has 0 aromatic heterocycles. The van der Waals surface area contributed by atoms with Crippen LogP contribution in [0.2, 0.25) is 0 Å². The largest absolute Gasteiger partial charge is 0.371 e. The third-order valence-corrected chi connectivity index (χ3v) is 3.17. The molecule has 0 fully saturated rings. The fourth-order valence-corrected chi connectivity index (χ4v) is 2.31. The molecule has 1 heterocycles. The summed E-state index contributed by atoms with van der Waals surface area (Å²) in [4.78, 5) is 13.8. The molecular formula is C13H17NO. The molecule has 0 N–H and O–H groups in total. The molecule has 1 aliphatic rings. The van der Waals surface area contributed by atoms with Crippen molar-refractivity contribution < 1.29 is 4.79 Å². The molecule has 0 spiro atoms. The second-order valence-corrected chi connectivity index (χ2v) is 4.26. The van der Waals surface area contributed by atoms with Gasteiger partial charge in [-0.1, -0.05) is 17.7 Å². The Labute approximate surface area is 90.9 Å². The number of likely N-dealkylation sites (N-methyl/N-ethyl adjacent to an activating group) is 1. The minimum Gasteiger partial charge on any atom is -0.371 e. The summed E-state index contributed by atoms with van der Waals surface area (Å²) in [5, 5.41) is 0. The maximum atomic E-state index is 11.6. The monoisotopic (exact) mass is 203 g/mol. The van der Waals surface area contributed by atoms with E-state index in [2.05, 4.69) is 36.9 Å². The number of benzene rings is 1. The maximum Gasteiger partial charge on any atom is 0.139 e. The average molecular weight is 203 g/mol. The highest BCUT2D eigenvalue weighted by Gasteiger charge is 2.30. The van der Waals surface area contributed by atoms with Crippen molar-refractivity contribution in [2.45, 2.75) is 26.7 Å². The first-order valence-corrected chi connectivity index (χ1v) is 5.49. The van der Waals surface area contributed by atoms with Gasteiger partial charge in [0.1, 0.15) is 5.78 Å². The highest BCUT2D eigenvalue weighted by Crippen LogP contribution is 2.36. The summed E-state index contributed by atoms with van der Waals surface area (Å²) in [6.45, 7) is 7.72. The Morgan fingerprint density at radius 2 is 2.27 bits per heavy atom. The van der Waals surface area contributed by atoms with E-state index >= 15 is 0 Å². The lowest BCUT2D eigenvalue weighted by Crippen LogP contribution is -2.23. The van der Waals surface area contributed by atoms with E-state index in [-0.39, 0.29) is 11.7 Å². The van der Waals surface area contributed by atoms with Crippen molar-refractivity contribution >= 4 is 11.5 Å². The zero-order chi connectivity index (χ0) is 11.0. The molecule has 1 unspecified atom stereocenters. The van der Waals surface area contributed by atoms with E-state index in [9.17, 15) is 4.79 Å². The first-order chi connectivity index (χ1) is 7.13. The van der Waals surface area contributed by atoms with Gasteiger partial charge in [-0.25, -0.2) is 0 Å². The Bertz CT molecular complexity index is 398. The highest BCUT2D eigenvalue weighted by molar-refractivity contribution is 5.88. The van der Waals surface area contributed by atoms with Gasteiger partial charge in [0, 0.05) is 18.8 Å². The van der Waals surface area contributed by atoms with Crippen LogP contribution in [0.4, 0.5) is 5.69 Å². The smallest absolute Gasteiger partial charge is 0.139 e. The lowest BCUT2D eigenvalue weighted by atomic mass is 9.96. The molecule has 2 heteroatoms. The summed E-state index contributed by atoms with van der Waals surface area (Å²) in [5.74, 6) is 0.359. The second-order valence-electron chi connectivity index (χ2n) is 4.26. The molecule has 0 radical (unpaired) electrons. The third kappa shape index (κ3) is 1.65. The fraction of sp³-hybridized carbons (Fsp3) is 0.462. The van der Waals surface area contributed by atoms with Gasteiger partial charge in [-0.15, -0.1) is 0 Å². The topological polar surface area (TPSA) is 20.3 Å². The van der Waals surface area contributed by atoms with Gasteiger partial charge in [0.25, 0.3) is 0 Å². The number of nitrogens with zero attached hydrogens (tertiary/aromatic N) is 1. The standard InChI is InChI=1S/C13H17NO/c1-4-14-8-12(10(3)15)11-7-9(2)5-6-13(11)14/h5-7,12H,4,8H2,1-3H3. The minimum absolute atomic E-state index is 0.0832. The summed E-state index contributed by atoms with van der Waals surface area (Å²) in [5.41, 5.74) is 3.69. The maximum absolute atomic E-state index is 11.6. The van der Waals surface area contributed by atoms with Gasteiger partial charge >= 0.3 is 0 Å².